The van der Waals surface area contributed by atoms with Gasteiger partial charge in [-0.05, 0) is 219 Å². The van der Waals surface area contributed by atoms with Crippen LogP contribution >= 0.6 is 0 Å². The smallest absolute Gasteiger partial charge is 0.449 e. The molecule has 2 saturated heterocycles. The highest BCUT2D eigenvalue weighted by Crippen LogP contribution is 2.58. The summed E-state index contributed by atoms with van der Waals surface area (Å²) in [6.45, 7) is 46.6. The van der Waals surface area contributed by atoms with Crippen LogP contribution in [0.5, 0.6) is 0 Å². The molecule has 0 radical (unpaired) electrons. The summed E-state index contributed by atoms with van der Waals surface area (Å²) >= 11 is 0. The number of hydrogen-bond donors (Lipinski definition) is 9. The Kier molecular flexibility index (Phi) is 56.1. The van der Waals surface area contributed by atoms with Crippen molar-refractivity contribution in [1.29, 1.82) is 0 Å². The van der Waals surface area contributed by atoms with E-state index in [4.69, 9.17) is 38.3 Å². The number of fused-ring (bicyclic) bond motifs is 1. The second-order valence-electron chi connectivity index (χ2n) is 42.6. The van der Waals surface area contributed by atoms with Crippen LogP contribution in [0, 0.1) is 59.2 Å². The molecule has 49 heteroatoms. The Morgan fingerprint density at radius 2 is 0.784 bits per heavy atom. The van der Waals surface area contributed by atoms with Crippen molar-refractivity contribution in [2.45, 2.75) is 515 Å². The molecule has 9 N–H and O–H groups in total. The molecule has 0 aromatic carbocycles. The molecular weight excluding hydrogens is 2040 g/mol. The van der Waals surface area contributed by atoms with E-state index in [1.54, 1.807) is 96.9 Å². The molecule has 5 fully saturated rings. The zero-order valence-electron chi connectivity index (χ0n) is 90.9. The Hall–Kier alpha value is -6.22. The van der Waals surface area contributed by atoms with E-state index in [0.29, 0.717) is 40.0 Å². The standard InChI is InChI=1S/C17H23F9O4.C14H24O4.C13H24O3.C11H15F5O4.C11H17F5O3.C11H19F3O3.2C11H22O3/c1-4-8(2)12(27)30-11-6-9(13(3,28)15(18,19)20)5-10(7-11)14(29,16(21,22)23)17(24,25)26;1-4-10(2)12(15)18-14-8-6-5-7-11(14)17-13(3,16)9-14;1-5-10(2)11(14)16-13(12(3,4)15)8-6-7-9-13;1-4-6(2)7(17)20-8(3)5-19-10(18,9(8,12)13)11(14,15)16;1-4-6(2)8(17)19-7(11(14,15)16)5-10(3,18)9(12)13;1-5-7(2)9(15)17-8(3)6-10(4,16)11(12,13)14;1-7-8(2)9(12)14-11(5,6)10(3,4)13;1-6-8(3)10(12)14-9(7-2)11(4,5)13/h8-11,28-29H,4-7H2,1-3H3;10-11,16H,4-9H2,1-3H3;10,15H,5-9H2,1-4H3;6,18H,4-5H2,1-3H3;6-7,9,18H,4-5H2,1-3H3;7-8,16H,5-6H2,1-4H3;8,13H,7H2,1-6H3;8-9,13H,6-7H2,1-5H3. The van der Waals surface area contributed by atoms with Gasteiger partial charge in [0.25, 0.3) is 12.0 Å². The first-order valence-electron chi connectivity index (χ1n) is 49.7. The van der Waals surface area contributed by atoms with Crippen molar-refractivity contribution >= 4 is 47.8 Å². The zero-order chi connectivity index (χ0) is 118. The van der Waals surface area contributed by atoms with Crippen LogP contribution in [0.25, 0.3) is 0 Å². The average molecular weight is 2210 g/mol. The fraction of sp³-hybridized carbons (Fsp3) is 0.919. The molecule has 148 heavy (non-hydrogen) atoms. The quantitative estimate of drug-likeness (QED) is 0.0162. The van der Waals surface area contributed by atoms with Gasteiger partial charge >= 0.3 is 96.5 Å². The molecule has 0 aromatic heterocycles. The Morgan fingerprint density at radius 3 is 1.13 bits per heavy atom. The number of rotatable bonds is 35. The van der Waals surface area contributed by atoms with Gasteiger partial charge in [-0.25, -0.2) is 8.78 Å². The van der Waals surface area contributed by atoms with Crippen LogP contribution in [-0.2, 0) is 85.7 Å². The molecule has 5 aliphatic rings. The average Bonchev–Trinajstić information content (AvgIpc) is 1.60. The first kappa shape index (κ1) is 146. The van der Waals surface area contributed by atoms with Gasteiger partial charge in [0.2, 0.25) is 5.60 Å². The Morgan fingerprint density at radius 1 is 0.419 bits per heavy atom. The predicted molar refractivity (Wildman–Crippen MR) is 494 cm³/mol. The molecule has 22 unspecified atom stereocenters. The van der Waals surface area contributed by atoms with Crippen LogP contribution in [0.15, 0.2) is 0 Å². The first-order valence-corrected chi connectivity index (χ1v) is 49.7. The number of carbonyl (C=O) groups excluding carboxylic acids is 8. The van der Waals surface area contributed by atoms with Gasteiger partial charge in [0.05, 0.1) is 70.8 Å². The van der Waals surface area contributed by atoms with Gasteiger partial charge in [-0.15, -0.1) is 0 Å². The minimum absolute atomic E-state index is 0.0835. The van der Waals surface area contributed by atoms with Crippen molar-refractivity contribution < 1.29 is 228 Å². The van der Waals surface area contributed by atoms with E-state index in [2.05, 4.69) is 14.2 Å². The summed E-state index contributed by atoms with van der Waals surface area (Å²) in [5.74, 6) is -23.4. The maximum atomic E-state index is 13.9. The van der Waals surface area contributed by atoms with E-state index < -0.39 is 239 Å². The number of halogens is 22. The molecule has 0 aromatic rings. The number of alkyl halides is 22. The van der Waals surface area contributed by atoms with Crippen LogP contribution in [0.2, 0.25) is 0 Å². The summed E-state index contributed by atoms with van der Waals surface area (Å²) in [4.78, 5) is 92.9. The molecule has 878 valence electrons. The lowest BCUT2D eigenvalue weighted by molar-refractivity contribution is -0.409. The molecule has 0 amide bonds. The van der Waals surface area contributed by atoms with Gasteiger partial charge in [-0.1, -0.05) is 124 Å². The van der Waals surface area contributed by atoms with Crippen molar-refractivity contribution in [3.05, 3.63) is 0 Å². The van der Waals surface area contributed by atoms with Gasteiger partial charge in [0, 0.05) is 31.1 Å². The molecule has 27 nitrogen and oxygen atoms in total. The summed E-state index contributed by atoms with van der Waals surface area (Å²) in [5, 5.41) is 86.8. The number of carbonyl (C=O) groups is 8. The third kappa shape index (κ3) is 41.8. The van der Waals surface area contributed by atoms with E-state index in [1.807, 2.05) is 62.3 Å². The lowest BCUT2D eigenvalue weighted by Gasteiger charge is -2.47. The topological polar surface area (TPSA) is 411 Å². The van der Waals surface area contributed by atoms with E-state index in [0.717, 1.165) is 77.0 Å². The molecule has 5 rings (SSSR count). The van der Waals surface area contributed by atoms with Crippen LogP contribution in [-0.4, -0.2) is 253 Å². The summed E-state index contributed by atoms with van der Waals surface area (Å²) in [6.07, 6.45) is -35.6. The third-order valence-corrected chi connectivity index (χ3v) is 27.8. The summed E-state index contributed by atoms with van der Waals surface area (Å²) in [7, 11) is 0. The number of ether oxygens (including phenoxy) is 10. The molecule has 3 saturated carbocycles. The Bertz CT molecular complexity index is 4000. The third-order valence-electron chi connectivity index (χ3n) is 27.8. The molecule has 22 atom stereocenters. The highest BCUT2D eigenvalue weighted by Gasteiger charge is 2.83. The van der Waals surface area contributed by atoms with Gasteiger partial charge in [-0.3, -0.25) is 38.4 Å². The number of aliphatic hydroxyl groups is 9. The van der Waals surface area contributed by atoms with Crippen molar-refractivity contribution in [1.82, 2.24) is 0 Å². The monoisotopic (exact) mass is 2210 g/mol. The molecule has 0 bridgehead atoms. The number of hydrogen-bond acceptors (Lipinski definition) is 27. The largest absolute Gasteiger partial charge is 0.462 e. The summed E-state index contributed by atoms with van der Waals surface area (Å²) in [6, 6.07) is 0. The maximum Gasteiger partial charge on any atom is 0.449 e. The van der Waals surface area contributed by atoms with Crippen molar-refractivity contribution in [3.63, 3.8) is 0 Å². The minimum atomic E-state index is -6.27. The summed E-state index contributed by atoms with van der Waals surface area (Å²) < 4.78 is 334. The maximum absolute atomic E-state index is 13.9. The highest BCUT2D eigenvalue weighted by atomic mass is 19.4. The van der Waals surface area contributed by atoms with Crippen LogP contribution in [0.3, 0.4) is 0 Å². The van der Waals surface area contributed by atoms with Gasteiger partial charge in [-0.2, -0.15) is 87.8 Å². The van der Waals surface area contributed by atoms with Crippen molar-refractivity contribution in [2.75, 3.05) is 6.61 Å². The van der Waals surface area contributed by atoms with Gasteiger partial charge in [0.1, 0.15) is 46.8 Å². The van der Waals surface area contributed by atoms with E-state index in [1.165, 1.54) is 27.7 Å². The second kappa shape index (κ2) is 56.9. The summed E-state index contributed by atoms with van der Waals surface area (Å²) in [5.41, 5.74) is -22.7. The number of esters is 8. The zero-order valence-corrected chi connectivity index (χ0v) is 90.9. The molecular formula is C99H166F22O27. The highest BCUT2D eigenvalue weighted by molar-refractivity contribution is 5.75. The normalized spacial score (nSPS) is 25.2. The Balaban J connectivity index is -0.00000164. The first-order chi connectivity index (χ1) is 66.1. The van der Waals surface area contributed by atoms with Crippen LogP contribution in [0.4, 0.5) is 96.6 Å². The van der Waals surface area contributed by atoms with E-state index in [-0.39, 0.29) is 85.8 Å². The van der Waals surface area contributed by atoms with Crippen LogP contribution in [0.1, 0.15) is 362 Å². The Labute approximate surface area is 854 Å². The fourth-order valence-electron chi connectivity index (χ4n) is 14.5. The lowest BCUT2D eigenvalue weighted by Crippen LogP contribution is -2.64. The van der Waals surface area contributed by atoms with E-state index in [9.17, 15) is 176 Å². The predicted octanol–water partition coefficient (Wildman–Crippen LogP) is 21.7. The molecule has 2 aliphatic heterocycles. The SMILES string of the molecule is CCC(C)C(=O)OC(C)(C)C(C)(C)O.CCC(C)C(=O)OC(C)CC(C)(O)C(F)(F)F.CCC(C)C(=O)OC(CC(C)(O)C(F)F)C(F)(F)F.CCC(C)C(=O)OC(CC)C(C)(C)O.CCC(C)C(=O)OC1(C(C)(C)O)CCCC1.CCC(C)C(=O)OC1(C)COC(O)(C(F)(F)F)C1(F)F.CCC(C)C(=O)OC12CCCCC1OC(C)(O)C2.CCC(C)C(=O)OC1CC(C(C)(O)C(F)(F)F)CC(C(O)(C(F)(F)F)C(F)(F)F)C1. The molecule has 3 aliphatic carbocycles. The van der Waals surface area contributed by atoms with E-state index >= 15 is 0 Å². The van der Waals surface area contributed by atoms with Gasteiger partial charge in [0.15, 0.2) is 23.1 Å². The lowest BCUT2D eigenvalue weighted by atomic mass is 9.66. The fourth-order valence-corrected chi connectivity index (χ4v) is 14.5. The van der Waals surface area contributed by atoms with Crippen molar-refractivity contribution in [3.8, 4) is 0 Å². The molecule has 0 spiro atoms. The van der Waals surface area contributed by atoms with Crippen LogP contribution < -0.4 is 0 Å². The molecule has 2 heterocycles. The van der Waals surface area contributed by atoms with Crippen molar-refractivity contribution in [2.24, 2.45) is 59.2 Å². The second-order valence-corrected chi connectivity index (χ2v) is 42.6. The van der Waals surface area contributed by atoms with Gasteiger partial charge < -0.3 is 93.3 Å². The minimum Gasteiger partial charge on any atom is -0.462 e.